The van der Waals surface area contributed by atoms with Crippen LogP contribution < -0.4 is 21.7 Å². The SMILES string of the molecule is CSCCC(NC(=O)C(CCC(=O)O)NC(=O)C(N)CCC(=O)O)C(=O)NC(CCC(=O)O)C(=O)O. The summed E-state index contributed by atoms with van der Waals surface area (Å²) < 4.78 is 0. The second-order valence-electron chi connectivity index (χ2n) is 7.71. The van der Waals surface area contributed by atoms with Crippen molar-refractivity contribution in [3.8, 4) is 0 Å². The lowest BCUT2D eigenvalue weighted by Crippen LogP contribution is -2.57. The quantitative estimate of drug-likeness (QED) is 0.0906. The number of thioether (sulfide) groups is 1. The molecule has 0 aliphatic heterocycles. The summed E-state index contributed by atoms with van der Waals surface area (Å²) in [5, 5.41) is 42.5. The Balaban J connectivity index is 5.52. The van der Waals surface area contributed by atoms with Crippen LogP contribution in [-0.4, -0.2) is 98.2 Å². The zero-order valence-corrected chi connectivity index (χ0v) is 20.4. The average Bonchev–Trinajstić information content (AvgIpc) is 2.79. The Hall–Kier alpha value is -3.40. The molecule has 0 spiro atoms. The Bertz CT molecular complexity index is 823. The van der Waals surface area contributed by atoms with Crippen LogP contribution >= 0.6 is 11.8 Å². The van der Waals surface area contributed by atoms with Crippen LogP contribution in [-0.2, 0) is 33.6 Å². The molecule has 0 aliphatic rings. The van der Waals surface area contributed by atoms with Gasteiger partial charge in [0.05, 0.1) is 6.04 Å². The predicted octanol–water partition coefficient (Wildman–Crippen LogP) is -1.80. The normalized spacial score (nSPS) is 13.9. The minimum atomic E-state index is -1.53. The van der Waals surface area contributed by atoms with Gasteiger partial charge in [0, 0.05) is 19.3 Å². The topological polar surface area (TPSA) is 263 Å². The highest BCUT2D eigenvalue weighted by Gasteiger charge is 2.30. The monoisotopic (exact) mass is 536 g/mol. The number of carbonyl (C=O) groups is 7. The van der Waals surface area contributed by atoms with Crippen LogP contribution in [0.25, 0.3) is 0 Å². The minimum absolute atomic E-state index is 0.0434. The molecule has 204 valence electrons. The first-order valence-electron chi connectivity index (χ1n) is 10.8. The summed E-state index contributed by atoms with van der Waals surface area (Å²) in [6.07, 6.45) is -0.702. The summed E-state index contributed by atoms with van der Waals surface area (Å²) in [4.78, 5) is 81.7. The van der Waals surface area contributed by atoms with Gasteiger partial charge in [-0.1, -0.05) is 0 Å². The maximum Gasteiger partial charge on any atom is 0.326 e. The first-order valence-corrected chi connectivity index (χ1v) is 12.2. The van der Waals surface area contributed by atoms with E-state index in [1.54, 1.807) is 6.26 Å². The van der Waals surface area contributed by atoms with Crippen LogP contribution in [0.15, 0.2) is 0 Å². The Morgan fingerprint density at radius 3 is 1.47 bits per heavy atom. The van der Waals surface area contributed by atoms with Crippen molar-refractivity contribution >= 4 is 53.4 Å². The molecule has 0 bridgehead atoms. The van der Waals surface area contributed by atoms with E-state index in [9.17, 15) is 38.7 Å². The molecule has 0 saturated heterocycles. The molecule has 36 heavy (non-hydrogen) atoms. The second kappa shape index (κ2) is 17.1. The molecule has 15 nitrogen and oxygen atoms in total. The van der Waals surface area contributed by atoms with Crippen LogP contribution in [0.2, 0.25) is 0 Å². The number of carboxylic acid groups (broad SMARTS) is 4. The number of amides is 3. The third-order valence-electron chi connectivity index (χ3n) is 4.79. The fraction of sp³-hybridized carbons (Fsp3) is 0.650. The molecule has 3 amide bonds. The molecule has 4 unspecified atom stereocenters. The lowest BCUT2D eigenvalue weighted by atomic mass is 10.1. The van der Waals surface area contributed by atoms with Gasteiger partial charge in [0.25, 0.3) is 0 Å². The summed E-state index contributed by atoms with van der Waals surface area (Å²) in [5.74, 6) is -7.57. The van der Waals surface area contributed by atoms with Gasteiger partial charge in [-0.2, -0.15) is 11.8 Å². The van der Waals surface area contributed by atoms with Crippen LogP contribution in [0.5, 0.6) is 0 Å². The van der Waals surface area contributed by atoms with E-state index in [2.05, 4.69) is 16.0 Å². The first kappa shape index (κ1) is 32.6. The molecule has 4 atom stereocenters. The van der Waals surface area contributed by atoms with Crippen LogP contribution in [0.1, 0.15) is 44.9 Å². The Morgan fingerprint density at radius 1 is 0.639 bits per heavy atom. The number of carboxylic acids is 4. The number of aliphatic carboxylic acids is 4. The van der Waals surface area contributed by atoms with Crippen LogP contribution in [0, 0.1) is 0 Å². The van der Waals surface area contributed by atoms with Crippen LogP contribution in [0.3, 0.4) is 0 Å². The number of rotatable bonds is 19. The highest BCUT2D eigenvalue weighted by Crippen LogP contribution is 2.07. The Labute approximate surface area is 210 Å². The van der Waals surface area contributed by atoms with Crippen molar-refractivity contribution in [1.82, 2.24) is 16.0 Å². The van der Waals surface area contributed by atoms with E-state index in [-0.39, 0.29) is 19.3 Å². The van der Waals surface area contributed by atoms with Crippen molar-refractivity contribution in [2.75, 3.05) is 12.0 Å². The zero-order valence-electron chi connectivity index (χ0n) is 19.6. The van der Waals surface area contributed by atoms with Crippen molar-refractivity contribution in [2.24, 2.45) is 5.73 Å². The number of nitrogens with one attached hydrogen (secondary N) is 3. The summed E-state index contributed by atoms with van der Waals surface area (Å²) >= 11 is 1.32. The van der Waals surface area contributed by atoms with Gasteiger partial charge in [0.1, 0.15) is 18.1 Å². The predicted molar refractivity (Wildman–Crippen MR) is 125 cm³/mol. The average molecular weight is 537 g/mol. The standard InChI is InChI=1S/C20H32N4O11S/c1-36-9-8-12(19(33)24-13(20(34)35)4-7-16(29)30)23-18(32)11(3-6-15(27)28)22-17(31)10(21)2-5-14(25)26/h10-13H,2-9,21H2,1H3,(H,22,31)(H,23,32)(H,24,33)(H,25,26)(H,27,28)(H,29,30)(H,34,35). The largest absolute Gasteiger partial charge is 0.481 e. The van der Waals surface area contributed by atoms with E-state index in [1.165, 1.54) is 11.8 Å². The fourth-order valence-electron chi connectivity index (χ4n) is 2.80. The van der Waals surface area contributed by atoms with Gasteiger partial charge in [-0.15, -0.1) is 0 Å². The molecule has 0 fully saturated rings. The molecule has 0 aromatic heterocycles. The van der Waals surface area contributed by atoms with Crippen LogP contribution in [0.4, 0.5) is 0 Å². The van der Waals surface area contributed by atoms with E-state index in [4.69, 9.17) is 21.1 Å². The molecule has 9 N–H and O–H groups in total. The third kappa shape index (κ3) is 14.1. The van der Waals surface area contributed by atoms with E-state index in [0.29, 0.717) is 5.75 Å². The van der Waals surface area contributed by atoms with E-state index < -0.39 is 91.4 Å². The summed E-state index contributed by atoms with van der Waals surface area (Å²) in [6, 6.07) is -5.53. The maximum atomic E-state index is 12.9. The minimum Gasteiger partial charge on any atom is -0.481 e. The van der Waals surface area contributed by atoms with Crippen molar-refractivity contribution in [1.29, 1.82) is 0 Å². The summed E-state index contributed by atoms with van der Waals surface area (Å²) in [5.41, 5.74) is 5.63. The highest BCUT2D eigenvalue weighted by atomic mass is 32.2. The van der Waals surface area contributed by atoms with Gasteiger partial charge in [-0.3, -0.25) is 28.8 Å². The van der Waals surface area contributed by atoms with E-state index in [0.717, 1.165) is 0 Å². The third-order valence-corrected chi connectivity index (χ3v) is 5.43. The second-order valence-corrected chi connectivity index (χ2v) is 8.69. The number of hydrogen-bond donors (Lipinski definition) is 8. The molecule has 0 rings (SSSR count). The van der Waals surface area contributed by atoms with Crippen molar-refractivity contribution in [2.45, 2.75) is 69.1 Å². The van der Waals surface area contributed by atoms with Gasteiger partial charge in [0.2, 0.25) is 17.7 Å². The fourth-order valence-corrected chi connectivity index (χ4v) is 3.27. The molecule has 16 heteroatoms. The number of hydrogen-bond acceptors (Lipinski definition) is 9. The van der Waals surface area contributed by atoms with Crippen molar-refractivity contribution < 1.29 is 54.0 Å². The molecule has 0 aromatic rings. The number of carbonyl (C=O) groups excluding carboxylic acids is 3. The van der Waals surface area contributed by atoms with Gasteiger partial charge in [-0.25, -0.2) is 4.79 Å². The molecule has 0 aliphatic carbocycles. The van der Waals surface area contributed by atoms with E-state index >= 15 is 0 Å². The molecule has 0 heterocycles. The van der Waals surface area contributed by atoms with Gasteiger partial charge in [-0.05, 0) is 37.7 Å². The van der Waals surface area contributed by atoms with E-state index in [1.807, 2.05) is 0 Å². The summed E-state index contributed by atoms with van der Waals surface area (Å²) in [7, 11) is 0. The highest BCUT2D eigenvalue weighted by molar-refractivity contribution is 7.98. The van der Waals surface area contributed by atoms with Crippen molar-refractivity contribution in [3.63, 3.8) is 0 Å². The van der Waals surface area contributed by atoms with Gasteiger partial charge < -0.3 is 42.1 Å². The molecule has 0 saturated carbocycles. The molecule has 0 aromatic carbocycles. The molecular weight excluding hydrogens is 504 g/mol. The Kier molecular flexibility index (Phi) is 15.5. The Morgan fingerprint density at radius 2 is 1.03 bits per heavy atom. The summed E-state index contributed by atoms with van der Waals surface area (Å²) in [6.45, 7) is 0. The zero-order chi connectivity index (χ0) is 27.8. The molecule has 0 radical (unpaired) electrons. The first-order chi connectivity index (χ1) is 16.8. The van der Waals surface area contributed by atoms with Gasteiger partial charge in [0.15, 0.2) is 0 Å². The van der Waals surface area contributed by atoms with Gasteiger partial charge >= 0.3 is 23.9 Å². The lowest BCUT2D eigenvalue weighted by Gasteiger charge is -2.25. The molecular formula is C20H32N4O11S. The lowest BCUT2D eigenvalue weighted by molar-refractivity contribution is -0.143. The smallest absolute Gasteiger partial charge is 0.326 e. The maximum absolute atomic E-state index is 12.9. The number of nitrogens with two attached hydrogens (primary N) is 1. The van der Waals surface area contributed by atoms with Crippen molar-refractivity contribution in [3.05, 3.63) is 0 Å².